The van der Waals surface area contributed by atoms with Crippen molar-refractivity contribution in [3.63, 3.8) is 0 Å². The number of amides is 1. The zero-order valence-electron chi connectivity index (χ0n) is 13.8. The molecular weight excluding hydrogens is 310 g/mol. The van der Waals surface area contributed by atoms with Crippen molar-refractivity contribution in [1.82, 2.24) is 15.3 Å². The molecular formula is C17H23N3O4. The average molecular weight is 333 g/mol. The van der Waals surface area contributed by atoms with Crippen LogP contribution in [-0.2, 0) is 11.4 Å². The Balaban J connectivity index is 1.96. The van der Waals surface area contributed by atoms with Gasteiger partial charge in [-0.2, -0.15) is 0 Å². The Bertz CT molecular complexity index is 603. The third kappa shape index (κ3) is 5.66. The van der Waals surface area contributed by atoms with Gasteiger partial charge < -0.3 is 9.15 Å². The van der Waals surface area contributed by atoms with Gasteiger partial charge in [0.15, 0.2) is 6.61 Å². The van der Waals surface area contributed by atoms with Gasteiger partial charge in [-0.1, -0.05) is 44.4 Å². The van der Waals surface area contributed by atoms with E-state index in [0.717, 1.165) is 31.4 Å². The summed E-state index contributed by atoms with van der Waals surface area (Å²) in [5.74, 6) is 1.31. The van der Waals surface area contributed by atoms with Gasteiger partial charge in [-0.05, 0) is 18.6 Å². The highest BCUT2D eigenvalue weighted by atomic mass is 16.5. The maximum Gasteiger partial charge on any atom is 0.253 e. The molecule has 0 aliphatic carbocycles. The molecule has 0 bridgehead atoms. The number of unbranched alkanes of at least 4 members (excludes halogenated alkanes) is 2. The topological polar surface area (TPSA) is 88.7 Å². The Morgan fingerprint density at radius 3 is 2.79 bits per heavy atom. The van der Waals surface area contributed by atoms with Gasteiger partial charge in [0.1, 0.15) is 5.75 Å². The molecule has 1 unspecified atom stereocenters. The second-order valence-corrected chi connectivity index (χ2v) is 5.56. The fourth-order valence-corrected chi connectivity index (χ4v) is 2.35. The highest BCUT2D eigenvalue weighted by Gasteiger charge is 2.21. The Morgan fingerprint density at radius 1 is 1.29 bits per heavy atom. The van der Waals surface area contributed by atoms with E-state index in [1.165, 1.54) is 0 Å². The van der Waals surface area contributed by atoms with Crippen LogP contribution < -0.4 is 4.74 Å². The third-order valence-corrected chi connectivity index (χ3v) is 3.62. The first-order valence-corrected chi connectivity index (χ1v) is 8.13. The van der Waals surface area contributed by atoms with E-state index in [-0.39, 0.29) is 19.1 Å². The fraction of sp³-hybridized carbons (Fsp3) is 0.471. The number of rotatable bonds is 11. The van der Waals surface area contributed by atoms with E-state index < -0.39 is 0 Å². The highest BCUT2D eigenvalue weighted by molar-refractivity contribution is 5.44. The number of hydrogen-bond donors (Lipinski definition) is 1. The molecule has 0 fully saturated rings. The monoisotopic (exact) mass is 333 g/mol. The van der Waals surface area contributed by atoms with Crippen LogP contribution in [0.25, 0.3) is 0 Å². The fourth-order valence-electron chi connectivity index (χ4n) is 2.35. The van der Waals surface area contributed by atoms with E-state index in [2.05, 4.69) is 17.1 Å². The molecule has 1 atom stereocenters. The summed E-state index contributed by atoms with van der Waals surface area (Å²) in [6, 6.07) is 9.37. The lowest BCUT2D eigenvalue weighted by molar-refractivity contribution is -0.151. The van der Waals surface area contributed by atoms with Gasteiger partial charge in [0.25, 0.3) is 5.89 Å². The predicted octanol–water partition coefficient (Wildman–Crippen LogP) is 3.16. The first kappa shape index (κ1) is 17.9. The van der Waals surface area contributed by atoms with Crippen molar-refractivity contribution in [2.45, 2.75) is 45.1 Å². The maximum atomic E-state index is 10.7. The summed E-state index contributed by atoms with van der Waals surface area (Å²) < 4.78 is 11.2. The lowest BCUT2D eigenvalue weighted by Crippen LogP contribution is -2.24. The normalized spacial score (nSPS) is 11.9. The molecule has 0 saturated heterocycles. The third-order valence-electron chi connectivity index (χ3n) is 3.62. The second-order valence-electron chi connectivity index (χ2n) is 5.56. The number of ether oxygens (including phenoxy) is 1. The van der Waals surface area contributed by atoms with Crippen molar-refractivity contribution >= 4 is 6.41 Å². The van der Waals surface area contributed by atoms with Gasteiger partial charge in [0, 0.05) is 0 Å². The zero-order chi connectivity index (χ0) is 17.2. The van der Waals surface area contributed by atoms with Crippen molar-refractivity contribution in [3.8, 4) is 5.75 Å². The number of nitrogens with zero attached hydrogens (tertiary/aromatic N) is 3. The van der Waals surface area contributed by atoms with Gasteiger partial charge in [0.2, 0.25) is 12.3 Å². The smallest absolute Gasteiger partial charge is 0.253 e. The summed E-state index contributed by atoms with van der Waals surface area (Å²) in [4.78, 5) is 10.7. The quantitative estimate of drug-likeness (QED) is 0.294. The molecule has 2 aromatic rings. The van der Waals surface area contributed by atoms with Crippen molar-refractivity contribution in [3.05, 3.63) is 42.1 Å². The van der Waals surface area contributed by atoms with Crippen LogP contribution in [0.2, 0.25) is 0 Å². The maximum absolute atomic E-state index is 10.7. The lowest BCUT2D eigenvalue weighted by Gasteiger charge is -2.16. The standard InChI is InChI=1S/C17H23N3O4/c1-2-3-5-8-14(11-20(22)13-21)17-19-18-16(24-17)12-23-15-9-6-4-7-10-15/h4,6-7,9-10,13-14,22H,2-3,5,8,11-12H2,1H3. The highest BCUT2D eigenvalue weighted by Crippen LogP contribution is 2.23. The van der Waals surface area contributed by atoms with Crippen LogP contribution in [0.1, 0.15) is 50.3 Å². The molecule has 24 heavy (non-hydrogen) atoms. The molecule has 0 saturated carbocycles. The van der Waals surface area contributed by atoms with E-state index in [9.17, 15) is 10.0 Å². The molecule has 1 aromatic carbocycles. The molecule has 1 amide bonds. The largest absolute Gasteiger partial charge is 0.484 e. The molecule has 130 valence electrons. The van der Waals surface area contributed by atoms with Crippen LogP contribution >= 0.6 is 0 Å². The van der Waals surface area contributed by atoms with Crippen LogP contribution in [0.15, 0.2) is 34.7 Å². The van der Waals surface area contributed by atoms with Crippen molar-refractivity contribution in [2.75, 3.05) is 6.54 Å². The van der Waals surface area contributed by atoms with Crippen molar-refractivity contribution in [1.29, 1.82) is 0 Å². The van der Waals surface area contributed by atoms with Crippen LogP contribution in [0, 0.1) is 0 Å². The molecule has 0 spiro atoms. The Labute approximate surface area is 141 Å². The molecule has 0 aliphatic rings. The summed E-state index contributed by atoms with van der Waals surface area (Å²) in [5, 5.41) is 18.1. The summed E-state index contributed by atoms with van der Waals surface area (Å²) >= 11 is 0. The SMILES string of the molecule is CCCCCC(CN(O)C=O)c1nnc(COc2ccccc2)o1. The minimum Gasteiger partial charge on any atom is -0.484 e. The molecule has 1 N–H and O–H groups in total. The first-order valence-electron chi connectivity index (χ1n) is 8.13. The van der Waals surface area contributed by atoms with E-state index in [4.69, 9.17) is 9.15 Å². The molecule has 7 nitrogen and oxygen atoms in total. The van der Waals surface area contributed by atoms with E-state index in [1.807, 2.05) is 30.3 Å². The molecule has 0 aliphatic heterocycles. The average Bonchev–Trinajstić information content (AvgIpc) is 3.09. The molecule has 1 aromatic heterocycles. The summed E-state index contributed by atoms with van der Waals surface area (Å²) in [5.41, 5.74) is 0. The van der Waals surface area contributed by atoms with Crippen LogP contribution in [0.4, 0.5) is 0 Å². The summed E-state index contributed by atoms with van der Waals surface area (Å²) in [7, 11) is 0. The Morgan fingerprint density at radius 2 is 2.08 bits per heavy atom. The number of hydroxylamine groups is 2. The summed E-state index contributed by atoms with van der Waals surface area (Å²) in [6.07, 6.45) is 4.26. The van der Waals surface area contributed by atoms with Gasteiger partial charge >= 0.3 is 0 Å². The second kappa shape index (κ2) is 9.67. The van der Waals surface area contributed by atoms with Gasteiger partial charge in [-0.15, -0.1) is 10.2 Å². The number of hydrogen-bond acceptors (Lipinski definition) is 6. The van der Waals surface area contributed by atoms with E-state index in [1.54, 1.807) is 0 Å². The van der Waals surface area contributed by atoms with Gasteiger partial charge in [-0.3, -0.25) is 10.0 Å². The van der Waals surface area contributed by atoms with Crippen LogP contribution in [0.5, 0.6) is 5.75 Å². The van der Waals surface area contributed by atoms with Crippen LogP contribution in [0.3, 0.4) is 0 Å². The van der Waals surface area contributed by atoms with Crippen molar-refractivity contribution < 1.29 is 19.2 Å². The van der Waals surface area contributed by atoms with E-state index in [0.29, 0.717) is 23.3 Å². The minimum atomic E-state index is -0.190. The van der Waals surface area contributed by atoms with Gasteiger partial charge in [-0.25, -0.2) is 5.06 Å². The van der Waals surface area contributed by atoms with Crippen molar-refractivity contribution in [2.24, 2.45) is 0 Å². The van der Waals surface area contributed by atoms with Gasteiger partial charge in [0.05, 0.1) is 12.5 Å². The first-order chi connectivity index (χ1) is 11.7. The number of aromatic nitrogens is 2. The number of carbonyl (C=O) groups excluding carboxylic acids is 1. The Kier molecular flexibility index (Phi) is 7.22. The predicted molar refractivity (Wildman–Crippen MR) is 86.5 cm³/mol. The summed E-state index contributed by atoms with van der Waals surface area (Å²) in [6.45, 7) is 2.42. The minimum absolute atomic E-state index is 0.133. The molecule has 0 radical (unpaired) electrons. The molecule has 2 rings (SSSR count). The molecule has 7 heteroatoms. The Hall–Kier alpha value is -2.41. The van der Waals surface area contributed by atoms with Crippen LogP contribution in [-0.4, -0.2) is 33.4 Å². The molecule has 1 heterocycles. The number of carbonyl (C=O) groups is 1. The lowest BCUT2D eigenvalue weighted by atomic mass is 10.0. The number of benzene rings is 1. The zero-order valence-corrected chi connectivity index (χ0v) is 13.8. The van der Waals surface area contributed by atoms with E-state index >= 15 is 0 Å². The number of para-hydroxylation sites is 1.